The van der Waals surface area contributed by atoms with Crippen LogP contribution in [0.3, 0.4) is 0 Å². The molecule has 5 rings (SSSR count). The maximum Gasteiger partial charge on any atom is 0.573 e. The van der Waals surface area contributed by atoms with Crippen LogP contribution in [0.1, 0.15) is 18.4 Å². The van der Waals surface area contributed by atoms with Gasteiger partial charge in [-0.15, -0.1) is 13.2 Å². The number of pyridine rings is 1. The van der Waals surface area contributed by atoms with Crippen LogP contribution in [0, 0.1) is 11.7 Å². The van der Waals surface area contributed by atoms with Gasteiger partial charge in [0.1, 0.15) is 23.1 Å². The molecule has 1 fully saturated rings. The number of fused-ring (bicyclic) bond motifs is 1. The molecule has 0 aliphatic carbocycles. The Morgan fingerprint density at radius 3 is 2.39 bits per heavy atom. The van der Waals surface area contributed by atoms with E-state index >= 15 is 0 Å². The van der Waals surface area contributed by atoms with Crippen LogP contribution < -0.4 is 34.9 Å². The van der Waals surface area contributed by atoms with Gasteiger partial charge < -0.3 is 34.9 Å². The Morgan fingerprint density at radius 2 is 1.68 bits per heavy atom. The van der Waals surface area contributed by atoms with Gasteiger partial charge in [-0.3, -0.25) is 4.98 Å². The summed E-state index contributed by atoms with van der Waals surface area (Å²) in [6.45, 7) is 1.60. The first-order valence-electron chi connectivity index (χ1n) is 13.8. The number of rotatable bonds is 9. The summed E-state index contributed by atoms with van der Waals surface area (Å²) in [5, 5.41) is 8.62. The fraction of sp³-hybridized carbons (Fsp3) is 0.290. The van der Waals surface area contributed by atoms with Crippen molar-refractivity contribution in [2.75, 3.05) is 37.9 Å². The highest BCUT2D eigenvalue weighted by atomic mass is 19.4. The summed E-state index contributed by atoms with van der Waals surface area (Å²) < 4.78 is 75.2. The highest BCUT2D eigenvalue weighted by Crippen LogP contribution is 2.37. The lowest BCUT2D eigenvalue weighted by Crippen LogP contribution is -2.29. The maximum atomic E-state index is 15.0. The molecule has 0 bridgehead atoms. The summed E-state index contributed by atoms with van der Waals surface area (Å²) in [5.74, 6) is 0.510. The number of carbonyl (C=O) groups is 1. The lowest BCUT2D eigenvalue weighted by atomic mass is 9.90. The van der Waals surface area contributed by atoms with Crippen LogP contribution in [-0.4, -0.2) is 44.7 Å². The van der Waals surface area contributed by atoms with Crippen LogP contribution >= 0.6 is 0 Å². The highest BCUT2D eigenvalue weighted by Gasteiger charge is 2.32. The molecule has 232 valence electrons. The van der Waals surface area contributed by atoms with Crippen LogP contribution in [0.5, 0.6) is 28.7 Å². The Balaban J connectivity index is 1.28. The van der Waals surface area contributed by atoms with Gasteiger partial charge in [-0.2, -0.15) is 0 Å². The number of piperidine rings is 1. The number of methoxy groups -OCH3 is 2. The smallest absolute Gasteiger partial charge is 0.493 e. The quantitative estimate of drug-likeness (QED) is 0.171. The van der Waals surface area contributed by atoms with Crippen molar-refractivity contribution in [3.63, 3.8) is 0 Å². The van der Waals surface area contributed by atoms with Gasteiger partial charge in [-0.1, -0.05) is 6.07 Å². The van der Waals surface area contributed by atoms with Crippen LogP contribution in [0.25, 0.3) is 10.9 Å². The molecule has 3 aromatic carbocycles. The molecule has 9 nitrogen and oxygen atoms in total. The molecule has 1 aliphatic rings. The topological polar surface area (TPSA) is 103 Å². The number of nitrogens with one attached hydrogen (secondary N) is 3. The molecule has 4 aromatic rings. The number of nitrogens with zero attached hydrogens (tertiary/aromatic N) is 1. The van der Waals surface area contributed by atoms with Gasteiger partial charge in [-0.05, 0) is 74.2 Å². The lowest BCUT2D eigenvalue weighted by molar-refractivity contribution is -0.274. The largest absolute Gasteiger partial charge is 0.573 e. The second-order valence-electron chi connectivity index (χ2n) is 10.1. The predicted octanol–water partition coefficient (Wildman–Crippen LogP) is 7.27. The average molecular weight is 615 g/mol. The first-order chi connectivity index (χ1) is 21.1. The minimum atomic E-state index is -4.90. The van der Waals surface area contributed by atoms with E-state index in [1.807, 2.05) is 0 Å². The number of aromatic nitrogens is 1. The van der Waals surface area contributed by atoms with Crippen LogP contribution in [0.4, 0.5) is 33.7 Å². The molecule has 2 amide bonds. The fourth-order valence-corrected chi connectivity index (χ4v) is 5.03. The van der Waals surface area contributed by atoms with Gasteiger partial charge in [0.25, 0.3) is 0 Å². The van der Waals surface area contributed by atoms with E-state index in [2.05, 4.69) is 25.7 Å². The van der Waals surface area contributed by atoms with Crippen LogP contribution in [0.15, 0.2) is 60.8 Å². The third kappa shape index (κ3) is 7.59. The lowest BCUT2D eigenvalue weighted by Gasteiger charge is -2.24. The standard InChI is InChI=1S/C31H30F4N4O5/c1-41-28-16-22-25(17-29(28)42-2)37-12-9-26(22)43-21-5-6-24(23(32)15-21)39-30(40)38-20-4-3-19(13-18-7-10-36-11-8-18)27(14-20)44-31(33,34)35/h3-6,9,12,14-18,36H,7-8,10-11,13H2,1-2H3,(H2,38,39,40). The second kappa shape index (κ2) is 13.2. The summed E-state index contributed by atoms with van der Waals surface area (Å²) >= 11 is 0. The number of benzene rings is 3. The SMILES string of the molecule is COc1cc2nccc(Oc3ccc(NC(=O)Nc4ccc(CC5CCNCC5)c(OC(F)(F)F)c4)c(F)c3)c2cc1OC. The zero-order chi connectivity index (χ0) is 31.3. The molecule has 1 aromatic heterocycles. The third-order valence-electron chi connectivity index (χ3n) is 7.14. The molecule has 1 saturated heterocycles. The molecular weight excluding hydrogens is 584 g/mol. The van der Waals surface area contributed by atoms with Gasteiger partial charge in [0.05, 0.1) is 25.4 Å². The summed E-state index contributed by atoms with van der Waals surface area (Å²) in [6, 6.07) is 12.1. The zero-order valence-electron chi connectivity index (χ0n) is 23.9. The summed E-state index contributed by atoms with van der Waals surface area (Å²) in [6.07, 6.45) is -1.28. The molecular formula is C31H30F4N4O5. The maximum absolute atomic E-state index is 15.0. The van der Waals surface area contributed by atoms with E-state index in [4.69, 9.17) is 14.2 Å². The first kappa shape index (κ1) is 30.7. The molecule has 0 saturated carbocycles. The number of alkyl halides is 3. The average Bonchev–Trinajstić information content (AvgIpc) is 2.99. The Bertz CT molecular complexity index is 1640. The molecule has 0 unspecified atom stereocenters. The van der Waals surface area contributed by atoms with Crippen molar-refractivity contribution in [3.8, 4) is 28.7 Å². The van der Waals surface area contributed by atoms with Crippen molar-refractivity contribution in [1.29, 1.82) is 0 Å². The molecule has 44 heavy (non-hydrogen) atoms. The number of halogens is 4. The summed E-state index contributed by atoms with van der Waals surface area (Å²) in [7, 11) is 3.01. The van der Waals surface area contributed by atoms with Gasteiger partial charge in [0.2, 0.25) is 0 Å². The molecule has 0 spiro atoms. The predicted molar refractivity (Wildman–Crippen MR) is 156 cm³/mol. The van der Waals surface area contributed by atoms with Gasteiger partial charge in [0.15, 0.2) is 11.5 Å². The monoisotopic (exact) mass is 614 g/mol. The number of hydrogen-bond acceptors (Lipinski definition) is 7. The molecule has 13 heteroatoms. The van der Waals surface area contributed by atoms with E-state index in [-0.39, 0.29) is 28.8 Å². The molecule has 1 aliphatic heterocycles. The van der Waals surface area contributed by atoms with E-state index in [9.17, 15) is 22.4 Å². The van der Waals surface area contributed by atoms with Crippen LogP contribution in [-0.2, 0) is 6.42 Å². The number of anilines is 2. The van der Waals surface area contributed by atoms with Crippen molar-refractivity contribution in [2.24, 2.45) is 5.92 Å². The number of carbonyl (C=O) groups excluding carboxylic acids is 1. The van der Waals surface area contributed by atoms with Crippen molar-refractivity contribution in [2.45, 2.75) is 25.6 Å². The number of hydrogen-bond donors (Lipinski definition) is 3. The molecule has 2 heterocycles. The highest BCUT2D eigenvalue weighted by molar-refractivity contribution is 6.00. The van der Waals surface area contributed by atoms with Crippen molar-refractivity contribution >= 4 is 28.3 Å². The summed E-state index contributed by atoms with van der Waals surface area (Å²) in [4.78, 5) is 17.0. The van der Waals surface area contributed by atoms with E-state index in [0.717, 1.165) is 38.1 Å². The first-order valence-corrected chi connectivity index (χ1v) is 13.8. The number of amides is 2. The number of ether oxygens (including phenoxy) is 4. The Kier molecular flexibility index (Phi) is 9.23. The summed E-state index contributed by atoms with van der Waals surface area (Å²) in [5.41, 5.74) is 0.836. The Labute approximate surface area is 250 Å². The Morgan fingerprint density at radius 1 is 0.932 bits per heavy atom. The third-order valence-corrected chi connectivity index (χ3v) is 7.14. The minimum absolute atomic E-state index is 0.0489. The van der Waals surface area contributed by atoms with Crippen LogP contribution in [0.2, 0.25) is 0 Å². The second-order valence-corrected chi connectivity index (χ2v) is 10.1. The van der Waals surface area contributed by atoms with Crippen molar-refractivity contribution < 1.29 is 41.3 Å². The molecule has 0 atom stereocenters. The van der Waals surface area contributed by atoms with Gasteiger partial charge in [-0.25, -0.2) is 9.18 Å². The number of urea groups is 1. The molecule has 3 N–H and O–H groups in total. The normalized spacial score (nSPS) is 13.8. The van der Waals surface area contributed by atoms with E-state index in [0.29, 0.717) is 40.1 Å². The van der Waals surface area contributed by atoms with E-state index in [1.165, 1.54) is 44.7 Å². The Hall–Kier alpha value is -4.78. The van der Waals surface area contributed by atoms with E-state index in [1.54, 1.807) is 18.2 Å². The van der Waals surface area contributed by atoms with Crippen molar-refractivity contribution in [3.05, 3.63) is 72.2 Å². The fourth-order valence-electron chi connectivity index (χ4n) is 5.03. The molecule has 0 radical (unpaired) electrons. The van der Waals surface area contributed by atoms with Crippen molar-refractivity contribution in [1.82, 2.24) is 10.3 Å². The van der Waals surface area contributed by atoms with Gasteiger partial charge in [0, 0.05) is 35.5 Å². The van der Waals surface area contributed by atoms with E-state index < -0.39 is 18.2 Å². The zero-order valence-corrected chi connectivity index (χ0v) is 23.9. The minimum Gasteiger partial charge on any atom is -0.493 e. The van der Waals surface area contributed by atoms with Gasteiger partial charge >= 0.3 is 12.4 Å².